The van der Waals surface area contributed by atoms with E-state index in [1.807, 2.05) is 31.9 Å². The maximum Gasteiger partial charge on any atom is 0.227 e. The Morgan fingerprint density at radius 3 is 2.53 bits per heavy atom. The number of carbonyl (C=O) groups is 1. The van der Waals surface area contributed by atoms with Crippen molar-refractivity contribution in [2.45, 2.75) is 39.5 Å². The van der Waals surface area contributed by atoms with Crippen LogP contribution in [0.25, 0.3) is 0 Å². The highest BCUT2D eigenvalue weighted by Crippen LogP contribution is 2.28. The molecule has 1 amide bonds. The monoisotopic (exact) mass is 235 g/mol. The average molecular weight is 235 g/mol. The molecule has 0 spiro atoms. The lowest BCUT2D eigenvalue weighted by atomic mass is 9.91. The van der Waals surface area contributed by atoms with Crippen LogP contribution in [0, 0.1) is 5.41 Å². The molecule has 0 atom stereocenters. The molecule has 4 nitrogen and oxygen atoms in total. The van der Waals surface area contributed by atoms with Gasteiger partial charge in [0.25, 0.3) is 0 Å². The summed E-state index contributed by atoms with van der Waals surface area (Å²) >= 11 is 0. The summed E-state index contributed by atoms with van der Waals surface area (Å²) in [6.45, 7) is 7.64. The van der Waals surface area contributed by atoms with Crippen molar-refractivity contribution in [1.82, 2.24) is 14.9 Å². The predicted octanol–water partition coefficient (Wildman–Crippen LogP) is 2.16. The van der Waals surface area contributed by atoms with Gasteiger partial charge in [-0.1, -0.05) is 20.8 Å². The quantitative estimate of drug-likeness (QED) is 0.811. The van der Waals surface area contributed by atoms with Crippen LogP contribution in [0.1, 0.15) is 45.4 Å². The Kier molecular flexibility index (Phi) is 3.22. The number of nitrogens with one attached hydrogen (secondary N) is 1. The van der Waals surface area contributed by atoms with E-state index in [9.17, 15) is 4.79 Å². The van der Waals surface area contributed by atoms with Crippen molar-refractivity contribution >= 4 is 5.91 Å². The Hall–Kier alpha value is -1.32. The van der Waals surface area contributed by atoms with Gasteiger partial charge in [0.05, 0.1) is 0 Å². The number of amides is 1. The predicted molar refractivity (Wildman–Crippen MR) is 66.6 cm³/mol. The van der Waals surface area contributed by atoms with Gasteiger partial charge in [-0.3, -0.25) is 4.79 Å². The number of imidazole rings is 1. The Labute approximate surface area is 102 Å². The number of H-pyrrole nitrogens is 1. The van der Waals surface area contributed by atoms with E-state index in [0.717, 1.165) is 31.8 Å². The maximum absolute atomic E-state index is 12.1. The second-order valence-corrected chi connectivity index (χ2v) is 5.79. The third kappa shape index (κ3) is 2.68. The summed E-state index contributed by atoms with van der Waals surface area (Å²) in [5.41, 5.74) is -0.266. The van der Waals surface area contributed by atoms with Gasteiger partial charge in [0.15, 0.2) is 0 Å². The van der Waals surface area contributed by atoms with Gasteiger partial charge < -0.3 is 9.88 Å². The molecule has 0 bridgehead atoms. The van der Waals surface area contributed by atoms with Gasteiger partial charge in [0, 0.05) is 36.8 Å². The van der Waals surface area contributed by atoms with Crippen LogP contribution in [0.15, 0.2) is 12.4 Å². The van der Waals surface area contributed by atoms with Gasteiger partial charge in [0.2, 0.25) is 5.91 Å². The van der Waals surface area contributed by atoms with E-state index in [1.54, 1.807) is 6.20 Å². The van der Waals surface area contributed by atoms with E-state index in [4.69, 9.17) is 0 Å². The highest BCUT2D eigenvalue weighted by molar-refractivity contribution is 5.81. The first-order valence-electron chi connectivity index (χ1n) is 6.27. The molecule has 94 valence electrons. The number of rotatable bonds is 1. The van der Waals surface area contributed by atoms with Gasteiger partial charge in [0.1, 0.15) is 5.82 Å². The summed E-state index contributed by atoms with van der Waals surface area (Å²) in [5, 5.41) is 0. The fraction of sp³-hybridized carbons (Fsp3) is 0.692. The van der Waals surface area contributed by atoms with Crippen molar-refractivity contribution in [3.05, 3.63) is 18.2 Å². The maximum atomic E-state index is 12.1. The molecular formula is C13H21N3O. The molecule has 2 heterocycles. The van der Waals surface area contributed by atoms with Crippen LogP contribution in [0.3, 0.4) is 0 Å². The van der Waals surface area contributed by atoms with E-state index in [-0.39, 0.29) is 11.3 Å². The SMILES string of the molecule is CC(C)(C)C(=O)N1CCC(c2ncc[nH]2)CC1. The summed E-state index contributed by atoms with van der Waals surface area (Å²) in [6, 6.07) is 0. The van der Waals surface area contributed by atoms with Crippen LogP contribution in [0.4, 0.5) is 0 Å². The molecule has 1 aliphatic heterocycles. The first-order valence-corrected chi connectivity index (χ1v) is 6.27. The number of hydrogen-bond donors (Lipinski definition) is 1. The minimum atomic E-state index is -0.266. The number of nitrogens with zero attached hydrogens (tertiary/aromatic N) is 2. The average Bonchev–Trinajstić information content (AvgIpc) is 2.80. The molecule has 0 saturated carbocycles. The van der Waals surface area contributed by atoms with Gasteiger partial charge in [-0.2, -0.15) is 0 Å². The highest BCUT2D eigenvalue weighted by Gasteiger charge is 2.31. The van der Waals surface area contributed by atoms with Crippen molar-refractivity contribution < 1.29 is 4.79 Å². The second kappa shape index (κ2) is 4.51. The molecule has 1 fully saturated rings. The van der Waals surface area contributed by atoms with Gasteiger partial charge in [-0.05, 0) is 12.8 Å². The largest absolute Gasteiger partial charge is 0.348 e. The molecular weight excluding hydrogens is 214 g/mol. The van der Waals surface area contributed by atoms with Crippen molar-refractivity contribution in [2.24, 2.45) is 5.41 Å². The molecule has 1 aromatic heterocycles. The van der Waals surface area contributed by atoms with E-state index < -0.39 is 0 Å². The molecule has 0 unspecified atom stereocenters. The molecule has 0 radical (unpaired) electrons. The molecule has 4 heteroatoms. The smallest absolute Gasteiger partial charge is 0.227 e. The third-order valence-electron chi connectivity index (χ3n) is 3.33. The summed E-state index contributed by atoms with van der Waals surface area (Å²) in [7, 11) is 0. The van der Waals surface area contributed by atoms with Crippen molar-refractivity contribution in [1.29, 1.82) is 0 Å². The summed E-state index contributed by atoms with van der Waals surface area (Å²) in [6.07, 6.45) is 5.68. The number of aromatic nitrogens is 2. The Balaban J connectivity index is 1.93. The lowest BCUT2D eigenvalue weighted by Crippen LogP contribution is -2.43. The zero-order valence-corrected chi connectivity index (χ0v) is 10.9. The molecule has 0 aliphatic carbocycles. The normalized spacial score (nSPS) is 18.4. The second-order valence-electron chi connectivity index (χ2n) is 5.79. The topological polar surface area (TPSA) is 49.0 Å². The first-order chi connectivity index (χ1) is 7.98. The van der Waals surface area contributed by atoms with Crippen molar-refractivity contribution in [3.63, 3.8) is 0 Å². The standard InChI is InChI=1S/C13H21N3O/c1-13(2,3)12(17)16-8-4-10(5-9-16)11-14-6-7-15-11/h6-7,10H,4-5,8-9H2,1-3H3,(H,14,15). The number of hydrogen-bond acceptors (Lipinski definition) is 2. The Bertz CT molecular complexity index is 370. The molecule has 1 aliphatic rings. The van der Waals surface area contributed by atoms with Crippen LogP contribution >= 0.6 is 0 Å². The van der Waals surface area contributed by atoms with E-state index >= 15 is 0 Å². The van der Waals surface area contributed by atoms with E-state index in [0.29, 0.717) is 5.92 Å². The third-order valence-corrected chi connectivity index (χ3v) is 3.33. The van der Waals surface area contributed by atoms with E-state index in [2.05, 4.69) is 9.97 Å². The zero-order chi connectivity index (χ0) is 12.5. The van der Waals surface area contributed by atoms with E-state index in [1.165, 1.54) is 0 Å². The fourth-order valence-electron chi connectivity index (χ4n) is 2.33. The van der Waals surface area contributed by atoms with Crippen LogP contribution in [-0.4, -0.2) is 33.9 Å². The summed E-state index contributed by atoms with van der Waals surface area (Å²) < 4.78 is 0. The molecule has 2 rings (SSSR count). The molecule has 0 aromatic carbocycles. The number of aromatic amines is 1. The van der Waals surface area contributed by atoms with Crippen LogP contribution in [0.2, 0.25) is 0 Å². The van der Waals surface area contributed by atoms with Gasteiger partial charge in [-0.25, -0.2) is 4.98 Å². The summed E-state index contributed by atoms with van der Waals surface area (Å²) in [4.78, 5) is 21.6. The fourth-order valence-corrected chi connectivity index (χ4v) is 2.33. The lowest BCUT2D eigenvalue weighted by Gasteiger charge is -2.35. The zero-order valence-electron chi connectivity index (χ0n) is 10.9. The molecule has 1 saturated heterocycles. The molecule has 1 N–H and O–H groups in total. The van der Waals surface area contributed by atoms with Crippen LogP contribution in [-0.2, 0) is 4.79 Å². The summed E-state index contributed by atoms with van der Waals surface area (Å²) in [5.74, 6) is 1.80. The van der Waals surface area contributed by atoms with Crippen molar-refractivity contribution in [2.75, 3.05) is 13.1 Å². The Morgan fingerprint density at radius 1 is 1.41 bits per heavy atom. The van der Waals surface area contributed by atoms with Crippen molar-refractivity contribution in [3.8, 4) is 0 Å². The first kappa shape index (κ1) is 12.1. The molecule has 1 aromatic rings. The minimum absolute atomic E-state index is 0.260. The minimum Gasteiger partial charge on any atom is -0.348 e. The highest BCUT2D eigenvalue weighted by atomic mass is 16.2. The van der Waals surface area contributed by atoms with Crippen LogP contribution in [0.5, 0.6) is 0 Å². The van der Waals surface area contributed by atoms with Crippen LogP contribution < -0.4 is 0 Å². The number of carbonyl (C=O) groups excluding carboxylic acids is 1. The molecule has 17 heavy (non-hydrogen) atoms. The Morgan fingerprint density at radius 2 is 2.06 bits per heavy atom. The van der Waals surface area contributed by atoms with Gasteiger partial charge >= 0.3 is 0 Å². The number of piperidine rings is 1. The van der Waals surface area contributed by atoms with Gasteiger partial charge in [-0.15, -0.1) is 0 Å². The number of likely N-dealkylation sites (tertiary alicyclic amines) is 1. The lowest BCUT2D eigenvalue weighted by molar-refractivity contribution is -0.140.